The van der Waals surface area contributed by atoms with Crippen molar-refractivity contribution in [3.63, 3.8) is 0 Å². The van der Waals surface area contributed by atoms with Gasteiger partial charge < -0.3 is 9.73 Å². The summed E-state index contributed by atoms with van der Waals surface area (Å²) in [5.74, 6) is 0.478. The number of carbonyl (C=O) groups is 1. The standard InChI is InChI=1S/C25H18ClNO2/c26-22-9-5-4-8-21(22)23-16-17-24(29-23)25(28)27-20-14-12-19(13-15-20)11-10-18-6-2-1-3-7-18/h1-17H,(H,27,28). The van der Waals surface area contributed by atoms with Gasteiger partial charge in [0.05, 0.1) is 5.02 Å². The molecule has 0 unspecified atom stereocenters. The van der Waals surface area contributed by atoms with Gasteiger partial charge in [0.1, 0.15) is 5.76 Å². The first-order valence-electron chi connectivity index (χ1n) is 9.18. The van der Waals surface area contributed by atoms with Crippen molar-refractivity contribution in [1.29, 1.82) is 0 Å². The van der Waals surface area contributed by atoms with Gasteiger partial charge in [-0.1, -0.05) is 78.4 Å². The molecule has 3 nitrogen and oxygen atoms in total. The van der Waals surface area contributed by atoms with Crippen LogP contribution in [0.25, 0.3) is 23.5 Å². The molecule has 0 fully saturated rings. The third kappa shape index (κ3) is 4.65. The second-order valence-corrected chi connectivity index (χ2v) is 6.87. The van der Waals surface area contributed by atoms with E-state index >= 15 is 0 Å². The SMILES string of the molecule is O=C(Nc1ccc(C=Cc2ccccc2)cc1)c1ccc(-c2ccccc2Cl)o1. The number of rotatable bonds is 5. The Morgan fingerprint density at radius 2 is 1.41 bits per heavy atom. The second kappa shape index (κ2) is 8.63. The minimum absolute atomic E-state index is 0.230. The Bertz CT molecular complexity index is 1140. The fourth-order valence-electron chi connectivity index (χ4n) is 2.89. The molecule has 4 heteroatoms. The lowest BCUT2D eigenvalue weighted by atomic mass is 10.1. The molecule has 29 heavy (non-hydrogen) atoms. The first kappa shape index (κ1) is 18.8. The average molecular weight is 400 g/mol. The molecule has 0 aliphatic carbocycles. The summed E-state index contributed by atoms with van der Waals surface area (Å²) < 4.78 is 5.69. The molecule has 3 aromatic carbocycles. The van der Waals surface area contributed by atoms with Crippen LogP contribution in [0.3, 0.4) is 0 Å². The van der Waals surface area contributed by atoms with Crippen molar-refractivity contribution < 1.29 is 9.21 Å². The van der Waals surface area contributed by atoms with Gasteiger partial charge in [-0.05, 0) is 47.5 Å². The van der Waals surface area contributed by atoms with Crippen molar-refractivity contribution in [3.05, 3.63) is 113 Å². The maximum atomic E-state index is 12.5. The van der Waals surface area contributed by atoms with Gasteiger partial charge in [0, 0.05) is 11.3 Å². The average Bonchev–Trinajstić information content (AvgIpc) is 3.24. The van der Waals surface area contributed by atoms with Crippen LogP contribution >= 0.6 is 11.6 Å². The number of anilines is 1. The Morgan fingerprint density at radius 3 is 2.14 bits per heavy atom. The van der Waals surface area contributed by atoms with Crippen LogP contribution in [-0.2, 0) is 0 Å². The number of halogens is 1. The van der Waals surface area contributed by atoms with Gasteiger partial charge in [0.15, 0.2) is 5.76 Å². The maximum Gasteiger partial charge on any atom is 0.291 e. The molecule has 0 aliphatic heterocycles. The summed E-state index contributed by atoms with van der Waals surface area (Å²) in [6.07, 6.45) is 4.08. The van der Waals surface area contributed by atoms with Crippen molar-refractivity contribution in [2.45, 2.75) is 0 Å². The van der Waals surface area contributed by atoms with Crippen molar-refractivity contribution in [2.24, 2.45) is 0 Å². The lowest BCUT2D eigenvalue weighted by Crippen LogP contribution is -2.10. The molecule has 1 aromatic heterocycles. The minimum atomic E-state index is -0.309. The van der Waals surface area contributed by atoms with E-state index in [0.29, 0.717) is 16.5 Å². The quantitative estimate of drug-likeness (QED) is 0.366. The van der Waals surface area contributed by atoms with E-state index in [-0.39, 0.29) is 11.7 Å². The molecule has 4 rings (SSSR count). The molecular weight excluding hydrogens is 382 g/mol. The van der Waals surface area contributed by atoms with Crippen LogP contribution in [0.1, 0.15) is 21.7 Å². The van der Waals surface area contributed by atoms with Crippen molar-refractivity contribution in [2.75, 3.05) is 5.32 Å². The van der Waals surface area contributed by atoms with Crippen LogP contribution in [0.15, 0.2) is 95.4 Å². The van der Waals surface area contributed by atoms with E-state index in [1.165, 1.54) is 0 Å². The molecule has 0 aliphatic rings. The molecule has 0 radical (unpaired) electrons. The highest BCUT2D eigenvalue weighted by Crippen LogP contribution is 2.29. The van der Waals surface area contributed by atoms with Crippen LogP contribution in [0, 0.1) is 0 Å². The smallest absolute Gasteiger partial charge is 0.291 e. The predicted molar refractivity (Wildman–Crippen MR) is 119 cm³/mol. The van der Waals surface area contributed by atoms with Gasteiger partial charge in [0.25, 0.3) is 5.91 Å². The van der Waals surface area contributed by atoms with Crippen LogP contribution in [-0.4, -0.2) is 5.91 Å². The van der Waals surface area contributed by atoms with E-state index in [0.717, 1.165) is 16.7 Å². The highest BCUT2D eigenvalue weighted by atomic mass is 35.5. The van der Waals surface area contributed by atoms with Crippen LogP contribution < -0.4 is 5.32 Å². The van der Waals surface area contributed by atoms with Gasteiger partial charge in [-0.3, -0.25) is 4.79 Å². The molecule has 0 spiro atoms. The molecule has 0 atom stereocenters. The summed E-state index contributed by atoms with van der Waals surface area (Å²) in [6, 6.07) is 28.5. The van der Waals surface area contributed by atoms with Crippen LogP contribution in [0.4, 0.5) is 5.69 Å². The lowest BCUT2D eigenvalue weighted by molar-refractivity contribution is 0.0997. The fourth-order valence-corrected chi connectivity index (χ4v) is 3.12. The summed E-state index contributed by atoms with van der Waals surface area (Å²) in [5.41, 5.74) is 3.63. The zero-order valence-corrected chi connectivity index (χ0v) is 16.3. The van der Waals surface area contributed by atoms with E-state index in [1.54, 1.807) is 18.2 Å². The summed E-state index contributed by atoms with van der Waals surface area (Å²) in [7, 11) is 0. The Morgan fingerprint density at radius 1 is 0.759 bits per heavy atom. The van der Waals surface area contributed by atoms with Gasteiger partial charge >= 0.3 is 0 Å². The number of hydrogen-bond acceptors (Lipinski definition) is 2. The van der Waals surface area contributed by atoms with E-state index in [1.807, 2.05) is 84.9 Å². The third-order valence-corrected chi connectivity index (χ3v) is 4.74. The Kier molecular flexibility index (Phi) is 5.59. The molecule has 1 heterocycles. The van der Waals surface area contributed by atoms with Gasteiger partial charge in [-0.2, -0.15) is 0 Å². The maximum absolute atomic E-state index is 12.5. The topological polar surface area (TPSA) is 42.2 Å². The first-order chi connectivity index (χ1) is 14.2. The molecule has 1 amide bonds. The van der Waals surface area contributed by atoms with Gasteiger partial charge in [0.2, 0.25) is 0 Å². The lowest BCUT2D eigenvalue weighted by Gasteiger charge is -2.04. The molecule has 142 valence electrons. The fraction of sp³-hybridized carbons (Fsp3) is 0. The van der Waals surface area contributed by atoms with E-state index in [2.05, 4.69) is 5.32 Å². The number of carbonyl (C=O) groups excluding carboxylic acids is 1. The molecule has 4 aromatic rings. The summed E-state index contributed by atoms with van der Waals surface area (Å²) in [5, 5.41) is 3.43. The third-order valence-electron chi connectivity index (χ3n) is 4.41. The molecule has 1 N–H and O–H groups in total. The molecule has 0 saturated heterocycles. The Labute approximate surface area is 174 Å². The largest absolute Gasteiger partial charge is 0.451 e. The second-order valence-electron chi connectivity index (χ2n) is 6.46. The van der Waals surface area contributed by atoms with Crippen molar-refractivity contribution in [1.82, 2.24) is 0 Å². The number of amides is 1. The van der Waals surface area contributed by atoms with Gasteiger partial charge in [-0.25, -0.2) is 0 Å². The monoisotopic (exact) mass is 399 g/mol. The Hall–Kier alpha value is -3.56. The van der Waals surface area contributed by atoms with Crippen molar-refractivity contribution in [3.8, 4) is 11.3 Å². The first-order valence-corrected chi connectivity index (χ1v) is 9.56. The van der Waals surface area contributed by atoms with Gasteiger partial charge in [-0.15, -0.1) is 0 Å². The number of benzene rings is 3. The van der Waals surface area contributed by atoms with Crippen LogP contribution in [0.5, 0.6) is 0 Å². The minimum Gasteiger partial charge on any atom is -0.451 e. The highest BCUT2D eigenvalue weighted by Gasteiger charge is 2.14. The van der Waals surface area contributed by atoms with Crippen LogP contribution in [0.2, 0.25) is 5.02 Å². The van der Waals surface area contributed by atoms with E-state index in [4.69, 9.17) is 16.0 Å². The predicted octanol–water partition coefficient (Wildman–Crippen LogP) is 7.02. The summed E-state index contributed by atoms with van der Waals surface area (Å²) >= 11 is 6.19. The molecule has 0 bridgehead atoms. The van der Waals surface area contributed by atoms with E-state index < -0.39 is 0 Å². The number of furan rings is 1. The summed E-state index contributed by atoms with van der Waals surface area (Å²) in [6.45, 7) is 0. The molecular formula is C25H18ClNO2. The number of nitrogens with one attached hydrogen (secondary N) is 1. The zero-order valence-electron chi connectivity index (χ0n) is 15.5. The van der Waals surface area contributed by atoms with Crippen molar-refractivity contribution >= 4 is 35.3 Å². The van der Waals surface area contributed by atoms with E-state index in [9.17, 15) is 4.79 Å². The highest BCUT2D eigenvalue weighted by molar-refractivity contribution is 6.33. The summed E-state index contributed by atoms with van der Waals surface area (Å²) in [4.78, 5) is 12.5. The number of hydrogen-bond donors (Lipinski definition) is 1. The zero-order chi connectivity index (χ0) is 20.1. The molecule has 0 saturated carbocycles. The Balaban J connectivity index is 1.42. The normalized spacial score (nSPS) is 10.9.